The van der Waals surface area contributed by atoms with Crippen LogP contribution >= 0.6 is 0 Å². The summed E-state index contributed by atoms with van der Waals surface area (Å²) >= 11 is 0. The number of hydrogen-bond donors (Lipinski definition) is 1. The Labute approximate surface area is 117 Å². The maximum Gasteiger partial charge on any atom is 0.276 e. The molecule has 1 amide bonds. The van der Waals surface area contributed by atoms with Gasteiger partial charge in [0, 0.05) is 31.3 Å². The fourth-order valence-corrected chi connectivity index (χ4v) is 2.27. The number of piperidine rings is 1. The second kappa shape index (κ2) is 6.29. The third-order valence-corrected chi connectivity index (χ3v) is 3.31. The van der Waals surface area contributed by atoms with E-state index in [0.717, 1.165) is 12.8 Å². The third kappa shape index (κ3) is 3.42. The predicted molar refractivity (Wildman–Crippen MR) is 75.9 cm³/mol. The molecule has 1 aromatic carbocycles. The standard InChI is InChI=1S/C14H17N3O3/c15-12-5-3-9-16(10-12)14(18)8-7-11-4-1-2-6-13(11)17(19)20/h1-2,4,6-8,12H,3,5,9-10,15H2. The normalized spacial score (nSPS) is 19.2. The van der Waals surface area contributed by atoms with E-state index in [0.29, 0.717) is 18.7 Å². The summed E-state index contributed by atoms with van der Waals surface area (Å²) in [6, 6.07) is 6.35. The number of carbonyl (C=O) groups is 1. The van der Waals surface area contributed by atoms with Crippen molar-refractivity contribution in [3.05, 3.63) is 46.0 Å². The van der Waals surface area contributed by atoms with Gasteiger partial charge in [-0.2, -0.15) is 0 Å². The number of para-hydroxylation sites is 1. The van der Waals surface area contributed by atoms with E-state index in [1.165, 1.54) is 18.2 Å². The van der Waals surface area contributed by atoms with Gasteiger partial charge in [0.05, 0.1) is 10.5 Å². The van der Waals surface area contributed by atoms with E-state index in [1.807, 2.05) is 0 Å². The highest BCUT2D eigenvalue weighted by atomic mass is 16.6. The number of rotatable bonds is 3. The highest BCUT2D eigenvalue weighted by molar-refractivity contribution is 5.92. The van der Waals surface area contributed by atoms with E-state index in [-0.39, 0.29) is 17.6 Å². The SMILES string of the molecule is NC1CCCN(C(=O)C=Cc2ccccc2[N+](=O)[O-])C1. The number of benzene rings is 1. The molecule has 1 heterocycles. The van der Waals surface area contributed by atoms with Crippen LogP contribution in [0.3, 0.4) is 0 Å². The van der Waals surface area contributed by atoms with E-state index in [4.69, 9.17) is 5.73 Å². The molecule has 1 aliphatic heterocycles. The monoisotopic (exact) mass is 275 g/mol. The number of hydrogen-bond acceptors (Lipinski definition) is 4. The number of amides is 1. The summed E-state index contributed by atoms with van der Waals surface area (Å²) in [6.07, 6.45) is 4.69. The molecule has 2 N–H and O–H groups in total. The van der Waals surface area contributed by atoms with Gasteiger partial charge in [0.2, 0.25) is 5.91 Å². The highest BCUT2D eigenvalue weighted by Gasteiger charge is 2.19. The number of nitro benzene ring substituents is 1. The molecular formula is C14H17N3O3. The van der Waals surface area contributed by atoms with Gasteiger partial charge in [0.1, 0.15) is 0 Å². The van der Waals surface area contributed by atoms with Crippen LogP contribution in [0.4, 0.5) is 5.69 Å². The summed E-state index contributed by atoms with van der Waals surface area (Å²) in [6.45, 7) is 1.23. The maximum absolute atomic E-state index is 12.0. The van der Waals surface area contributed by atoms with Crippen LogP contribution in [-0.2, 0) is 4.79 Å². The Hall–Kier alpha value is -2.21. The van der Waals surface area contributed by atoms with Crippen LogP contribution in [0.25, 0.3) is 6.08 Å². The summed E-state index contributed by atoms with van der Waals surface area (Å²) in [7, 11) is 0. The predicted octanol–water partition coefficient (Wildman–Crippen LogP) is 1.56. The summed E-state index contributed by atoms with van der Waals surface area (Å²) < 4.78 is 0. The quantitative estimate of drug-likeness (QED) is 0.515. The molecule has 0 radical (unpaired) electrons. The number of nitro groups is 1. The van der Waals surface area contributed by atoms with Gasteiger partial charge < -0.3 is 10.6 Å². The molecule has 1 aliphatic rings. The van der Waals surface area contributed by atoms with Crippen LogP contribution in [0, 0.1) is 10.1 Å². The van der Waals surface area contributed by atoms with E-state index in [2.05, 4.69) is 0 Å². The lowest BCUT2D eigenvalue weighted by Gasteiger charge is -2.29. The van der Waals surface area contributed by atoms with Gasteiger partial charge in [-0.15, -0.1) is 0 Å². The van der Waals surface area contributed by atoms with Crippen LogP contribution in [0.15, 0.2) is 30.3 Å². The van der Waals surface area contributed by atoms with Crippen LogP contribution in [0.2, 0.25) is 0 Å². The molecule has 0 aliphatic carbocycles. The maximum atomic E-state index is 12.0. The van der Waals surface area contributed by atoms with Crippen molar-refractivity contribution in [1.82, 2.24) is 4.90 Å². The van der Waals surface area contributed by atoms with Gasteiger partial charge in [-0.1, -0.05) is 12.1 Å². The second-order valence-electron chi connectivity index (χ2n) is 4.84. The minimum atomic E-state index is -0.457. The lowest BCUT2D eigenvalue weighted by Crippen LogP contribution is -2.45. The molecule has 6 heteroatoms. The largest absolute Gasteiger partial charge is 0.338 e. The number of carbonyl (C=O) groups excluding carboxylic acids is 1. The van der Waals surface area contributed by atoms with Crippen molar-refractivity contribution < 1.29 is 9.72 Å². The van der Waals surface area contributed by atoms with Gasteiger partial charge in [-0.25, -0.2) is 0 Å². The van der Waals surface area contributed by atoms with Crippen molar-refractivity contribution >= 4 is 17.7 Å². The molecule has 0 bridgehead atoms. The summed E-state index contributed by atoms with van der Waals surface area (Å²) in [5, 5.41) is 10.9. The summed E-state index contributed by atoms with van der Waals surface area (Å²) in [5.41, 5.74) is 6.24. The Bertz CT molecular complexity index is 542. The average Bonchev–Trinajstić information content (AvgIpc) is 2.45. The zero-order valence-electron chi connectivity index (χ0n) is 11.1. The molecule has 1 saturated heterocycles. The number of likely N-dealkylation sites (tertiary alicyclic amines) is 1. The van der Waals surface area contributed by atoms with Gasteiger partial charge >= 0.3 is 0 Å². The third-order valence-electron chi connectivity index (χ3n) is 3.31. The van der Waals surface area contributed by atoms with E-state index >= 15 is 0 Å². The van der Waals surface area contributed by atoms with Gasteiger partial charge in [0.25, 0.3) is 5.69 Å². The van der Waals surface area contributed by atoms with Crippen LogP contribution in [0.1, 0.15) is 18.4 Å². The van der Waals surface area contributed by atoms with Gasteiger partial charge in [0.15, 0.2) is 0 Å². The lowest BCUT2D eigenvalue weighted by molar-refractivity contribution is -0.385. The first-order chi connectivity index (χ1) is 9.58. The van der Waals surface area contributed by atoms with Crippen molar-refractivity contribution in [2.45, 2.75) is 18.9 Å². The Morgan fingerprint density at radius 3 is 2.90 bits per heavy atom. The fourth-order valence-electron chi connectivity index (χ4n) is 2.27. The second-order valence-corrected chi connectivity index (χ2v) is 4.84. The zero-order valence-corrected chi connectivity index (χ0v) is 11.1. The first-order valence-corrected chi connectivity index (χ1v) is 6.54. The highest BCUT2D eigenvalue weighted by Crippen LogP contribution is 2.19. The Morgan fingerprint density at radius 2 is 2.20 bits per heavy atom. The number of nitrogens with two attached hydrogens (primary N) is 1. The molecule has 0 saturated carbocycles. The first kappa shape index (κ1) is 14.2. The topological polar surface area (TPSA) is 89.5 Å². The average molecular weight is 275 g/mol. The first-order valence-electron chi connectivity index (χ1n) is 6.54. The molecular weight excluding hydrogens is 258 g/mol. The molecule has 0 spiro atoms. The van der Waals surface area contributed by atoms with Gasteiger partial charge in [-0.3, -0.25) is 14.9 Å². The summed E-state index contributed by atoms with van der Waals surface area (Å²) in [4.78, 5) is 24.1. The summed E-state index contributed by atoms with van der Waals surface area (Å²) in [5.74, 6) is -0.154. The Morgan fingerprint density at radius 1 is 1.45 bits per heavy atom. The van der Waals surface area contributed by atoms with E-state index in [9.17, 15) is 14.9 Å². The lowest BCUT2D eigenvalue weighted by atomic mass is 10.1. The van der Waals surface area contributed by atoms with Crippen molar-refractivity contribution in [1.29, 1.82) is 0 Å². The van der Waals surface area contributed by atoms with E-state index < -0.39 is 4.92 Å². The Balaban J connectivity index is 2.09. The van der Waals surface area contributed by atoms with Crippen molar-refractivity contribution in [3.8, 4) is 0 Å². The van der Waals surface area contributed by atoms with Crippen LogP contribution in [-0.4, -0.2) is 34.9 Å². The molecule has 2 rings (SSSR count). The van der Waals surface area contributed by atoms with Crippen molar-refractivity contribution in [2.75, 3.05) is 13.1 Å². The minimum absolute atomic E-state index is 0.00750. The fraction of sp³-hybridized carbons (Fsp3) is 0.357. The molecule has 20 heavy (non-hydrogen) atoms. The molecule has 1 aromatic rings. The smallest absolute Gasteiger partial charge is 0.276 e. The molecule has 106 valence electrons. The molecule has 6 nitrogen and oxygen atoms in total. The molecule has 1 fully saturated rings. The number of nitrogens with zero attached hydrogens (tertiary/aromatic N) is 2. The minimum Gasteiger partial charge on any atom is -0.338 e. The van der Waals surface area contributed by atoms with Crippen molar-refractivity contribution in [3.63, 3.8) is 0 Å². The zero-order chi connectivity index (χ0) is 14.5. The molecule has 1 unspecified atom stereocenters. The van der Waals surface area contributed by atoms with Gasteiger partial charge in [-0.05, 0) is 25.0 Å². The Kier molecular flexibility index (Phi) is 4.47. The molecule has 1 atom stereocenters. The van der Waals surface area contributed by atoms with Crippen molar-refractivity contribution in [2.24, 2.45) is 5.73 Å². The molecule has 0 aromatic heterocycles. The van der Waals surface area contributed by atoms with Crippen LogP contribution in [0.5, 0.6) is 0 Å². The van der Waals surface area contributed by atoms with E-state index in [1.54, 1.807) is 23.1 Å². The van der Waals surface area contributed by atoms with Crippen LogP contribution < -0.4 is 5.73 Å².